The van der Waals surface area contributed by atoms with E-state index in [1.807, 2.05) is 24.3 Å². The number of alkyl halides is 2. The first kappa shape index (κ1) is 37.5. The second-order valence-corrected chi connectivity index (χ2v) is 11.7. The maximum absolute atomic E-state index is 13.9. The summed E-state index contributed by atoms with van der Waals surface area (Å²) in [6, 6.07) is 21.8. The number of rotatable bonds is 10. The van der Waals surface area contributed by atoms with Crippen LogP contribution in [0.25, 0.3) is 33.5 Å². The number of ether oxygens (including phenoxy) is 4. The van der Waals surface area contributed by atoms with Gasteiger partial charge in [0.15, 0.2) is 40.6 Å². The Morgan fingerprint density at radius 2 is 1.78 bits per heavy atom. The molecule has 0 radical (unpaired) electrons. The molecule has 1 unspecified atom stereocenters. The largest absolute Gasteiger partial charge is 0.493 e. The van der Waals surface area contributed by atoms with E-state index in [2.05, 4.69) is 30.2 Å². The summed E-state index contributed by atoms with van der Waals surface area (Å²) in [6.45, 7) is -1.26. The lowest BCUT2D eigenvalue weighted by Gasteiger charge is -2.20. The van der Waals surface area contributed by atoms with Gasteiger partial charge in [-0.1, -0.05) is 24.3 Å². The number of carbonyl (C=O) groups excluding carboxylic acids is 1. The number of para-hydroxylation sites is 1. The lowest BCUT2D eigenvalue weighted by molar-refractivity contribution is -0.175. The Balaban J connectivity index is 0.000000175. The molecule has 1 fully saturated rings. The minimum atomic E-state index is -2.92. The van der Waals surface area contributed by atoms with E-state index >= 15 is 0 Å². The van der Waals surface area contributed by atoms with Gasteiger partial charge >= 0.3 is 6.61 Å². The summed E-state index contributed by atoms with van der Waals surface area (Å²) >= 11 is 0. The molecule has 7 aromatic rings. The predicted octanol–water partition coefficient (Wildman–Crippen LogP) is 7.71. The maximum Gasteiger partial charge on any atom is 0.345 e. The molecular formula is C38H34F4N6O6. The minimum Gasteiger partial charge on any atom is -0.493 e. The van der Waals surface area contributed by atoms with E-state index in [9.17, 15) is 22.4 Å². The third kappa shape index (κ3) is 9.02. The van der Waals surface area contributed by atoms with Gasteiger partial charge in [0.25, 0.3) is 0 Å². The van der Waals surface area contributed by atoms with Gasteiger partial charge in [-0.2, -0.15) is 24.1 Å². The topological polar surface area (TPSA) is 142 Å². The zero-order valence-electron chi connectivity index (χ0n) is 28.9. The molecule has 1 aliphatic heterocycles. The number of hydrogen-bond acceptors (Lipinski definition) is 9. The molecule has 280 valence electrons. The molecule has 5 heterocycles. The highest BCUT2D eigenvalue weighted by molar-refractivity contribution is 6.02. The first-order valence-corrected chi connectivity index (χ1v) is 16.5. The number of benzene rings is 3. The molecule has 4 aromatic heterocycles. The van der Waals surface area contributed by atoms with Gasteiger partial charge in [-0.3, -0.25) is 19.7 Å². The fraction of sp³-hybridized carbons (Fsp3) is 0.211. The summed E-state index contributed by atoms with van der Waals surface area (Å²) in [5, 5.41) is 18.3. The van der Waals surface area contributed by atoms with Crippen LogP contribution in [-0.4, -0.2) is 75.1 Å². The number of aromatic nitrogens is 6. The number of carbonyl (C=O) groups is 1. The number of H-pyrrole nitrogens is 2. The fourth-order valence-electron chi connectivity index (χ4n) is 5.56. The second-order valence-electron chi connectivity index (χ2n) is 11.7. The van der Waals surface area contributed by atoms with E-state index in [4.69, 9.17) is 18.6 Å². The van der Waals surface area contributed by atoms with Crippen LogP contribution in [0, 0.1) is 11.6 Å². The number of ketones is 1. The molecule has 0 amide bonds. The SMILES string of the molecule is COc1ccc(-c2ccn[nH]2)c2cc(C(C)=O)oc12.Fc1cccc(Cn2ccc(-c3ccccc3O[C@@H]3COCC3OC(F)F)n2)c1F.c1cn[nH]c1. The van der Waals surface area contributed by atoms with Gasteiger partial charge < -0.3 is 23.4 Å². The van der Waals surface area contributed by atoms with Crippen molar-refractivity contribution in [2.24, 2.45) is 0 Å². The standard InChI is InChI=1S/C21H18F4N2O3.C14H12N2O3.C3H4N2/c22-15-6-3-4-13(20(15)23)10-27-9-8-16(26-27)14-5-1-2-7-17(14)29-18-11-28-12-19(18)30-21(24)25;1-8(17)13-7-10-9(11-5-6-15-16-11)3-4-12(18-2)14(10)19-13;1-2-4-5-3-1/h1-9,18-19,21H,10-12H2;3-7H,1-2H3,(H,15,16);1-3H,(H,4,5)/t18-,19?;;/m1../s1. The Hall–Kier alpha value is -6.26. The van der Waals surface area contributed by atoms with Crippen molar-refractivity contribution in [2.75, 3.05) is 20.3 Å². The van der Waals surface area contributed by atoms with Crippen LogP contribution in [0.5, 0.6) is 11.5 Å². The van der Waals surface area contributed by atoms with Crippen LogP contribution in [0.2, 0.25) is 0 Å². The van der Waals surface area contributed by atoms with Crippen LogP contribution in [0.3, 0.4) is 0 Å². The summed E-state index contributed by atoms with van der Waals surface area (Å²) in [5.74, 6) is -0.597. The Morgan fingerprint density at radius 3 is 2.48 bits per heavy atom. The molecule has 16 heteroatoms. The number of nitrogens with zero attached hydrogens (tertiary/aromatic N) is 4. The van der Waals surface area contributed by atoms with Gasteiger partial charge in [-0.25, -0.2) is 8.78 Å². The molecule has 1 saturated heterocycles. The zero-order valence-corrected chi connectivity index (χ0v) is 28.9. The highest BCUT2D eigenvalue weighted by Gasteiger charge is 2.34. The summed E-state index contributed by atoms with van der Waals surface area (Å²) in [6.07, 6.45) is 5.20. The second kappa shape index (κ2) is 17.5. The van der Waals surface area contributed by atoms with Crippen LogP contribution in [0.4, 0.5) is 17.6 Å². The summed E-state index contributed by atoms with van der Waals surface area (Å²) in [5.41, 5.74) is 3.68. The number of aromatic amines is 2. The van der Waals surface area contributed by atoms with Gasteiger partial charge in [-0.05, 0) is 54.6 Å². The van der Waals surface area contributed by atoms with E-state index in [1.165, 1.54) is 23.7 Å². The Labute approximate surface area is 305 Å². The number of methoxy groups -OCH3 is 1. The van der Waals surface area contributed by atoms with Crippen molar-refractivity contribution in [1.82, 2.24) is 30.2 Å². The highest BCUT2D eigenvalue weighted by atomic mass is 19.3. The van der Waals surface area contributed by atoms with Crippen molar-refractivity contribution in [2.45, 2.75) is 32.3 Å². The Morgan fingerprint density at radius 1 is 0.944 bits per heavy atom. The normalized spacial score (nSPS) is 15.0. The number of hydrogen-bond donors (Lipinski definition) is 2. The molecule has 12 nitrogen and oxygen atoms in total. The fourth-order valence-corrected chi connectivity index (χ4v) is 5.56. The van der Waals surface area contributed by atoms with E-state index in [0.29, 0.717) is 34.1 Å². The van der Waals surface area contributed by atoms with Gasteiger partial charge in [-0.15, -0.1) is 0 Å². The van der Waals surface area contributed by atoms with Gasteiger partial charge in [0.05, 0.1) is 38.3 Å². The Bertz CT molecular complexity index is 2240. The van der Waals surface area contributed by atoms with Crippen LogP contribution in [-0.2, 0) is 16.0 Å². The molecule has 2 atom stereocenters. The quantitative estimate of drug-likeness (QED) is 0.106. The van der Waals surface area contributed by atoms with E-state index < -0.39 is 30.5 Å². The van der Waals surface area contributed by atoms with Crippen LogP contribution < -0.4 is 9.47 Å². The lowest BCUT2D eigenvalue weighted by Crippen LogP contribution is -2.34. The molecule has 54 heavy (non-hydrogen) atoms. The molecular weight excluding hydrogens is 712 g/mol. The molecule has 8 rings (SSSR count). The third-order valence-corrected chi connectivity index (χ3v) is 8.11. The summed E-state index contributed by atoms with van der Waals surface area (Å²) in [7, 11) is 1.57. The van der Waals surface area contributed by atoms with Gasteiger partial charge in [0, 0.05) is 53.8 Å². The number of fused-ring (bicyclic) bond motifs is 1. The average Bonchev–Trinajstić information content (AvgIpc) is 4.02. The highest BCUT2D eigenvalue weighted by Crippen LogP contribution is 2.36. The van der Waals surface area contributed by atoms with Crippen molar-refractivity contribution in [3.05, 3.63) is 127 Å². The number of furan rings is 1. The first-order chi connectivity index (χ1) is 26.2. The average molecular weight is 747 g/mol. The smallest absolute Gasteiger partial charge is 0.345 e. The minimum absolute atomic E-state index is 0.0188. The first-order valence-electron chi connectivity index (χ1n) is 16.5. The predicted molar refractivity (Wildman–Crippen MR) is 188 cm³/mol. The van der Waals surface area contributed by atoms with Crippen molar-refractivity contribution in [3.63, 3.8) is 0 Å². The van der Waals surface area contributed by atoms with Crippen molar-refractivity contribution >= 4 is 16.8 Å². The number of halogens is 4. The van der Waals surface area contributed by atoms with E-state index in [1.54, 1.807) is 68.3 Å². The summed E-state index contributed by atoms with van der Waals surface area (Å²) < 4.78 is 80.5. The number of nitrogens with one attached hydrogen (secondary N) is 2. The zero-order chi connectivity index (χ0) is 38.0. The molecule has 3 aromatic carbocycles. The molecule has 0 saturated carbocycles. The maximum atomic E-state index is 13.9. The third-order valence-electron chi connectivity index (χ3n) is 8.11. The van der Waals surface area contributed by atoms with E-state index in [0.717, 1.165) is 22.7 Å². The monoisotopic (exact) mass is 746 g/mol. The van der Waals surface area contributed by atoms with Crippen LogP contribution in [0.15, 0.2) is 108 Å². The molecule has 2 N–H and O–H groups in total. The molecule has 1 aliphatic rings. The molecule has 0 aliphatic carbocycles. The molecule has 0 spiro atoms. The van der Waals surface area contributed by atoms with Crippen molar-refractivity contribution in [3.8, 4) is 34.0 Å². The van der Waals surface area contributed by atoms with Crippen LogP contribution in [0.1, 0.15) is 23.0 Å². The molecule has 0 bridgehead atoms. The van der Waals surface area contributed by atoms with Gasteiger partial charge in [0.1, 0.15) is 11.9 Å². The summed E-state index contributed by atoms with van der Waals surface area (Å²) in [4.78, 5) is 11.5. The van der Waals surface area contributed by atoms with Gasteiger partial charge in [0.2, 0.25) is 0 Å². The van der Waals surface area contributed by atoms with E-state index in [-0.39, 0.29) is 31.1 Å². The number of Topliss-reactive ketones (excluding diaryl/α,β-unsaturated/α-hetero) is 1. The lowest BCUT2D eigenvalue weighted by atomic mass is 10.1. The van der Waals surface area contributed by atoms with Crippen molar-refractivity contribution < 1.29 is 45.7 Å². The van der Waals surface area contributed by atoms with Crippen LogP contribution >= 0.6 is 0 Å². The Kier molecular flexibility index (Phi) is 12.2. The van der Waals surface area contributed by atoms with Crippen molar-refractivity contribution in [1.29, 1.82) is 0 Å².